The summed E-state index contributed by atoms with van der Waals surface area (Å²) in [6.07, 6.45) is 4.36. The van der Waals surface area contributed by atoms with Crippen molar-refractivity contribution >= 4 is 17.7 Å². The summed E-state index contributed by atoms with van der Waals surface area (Å²) in [7, 11) is 0. The number of alkyl halides is 3. The highest BCUT2D eigenvalue weighted by molar-refractivity contribution is 5.76. The smallest absolute Gasteiger partial charge is 0.419 e. The van der Waals surface area contributed by atoms with Crippen molar-refractivity contribution in [3.05, 3.63) is 41.3 Å². The van der Waals surface area contributed by atoms with Gasteiger partial charge in [-0.3, -0.25) is 0 Å². The van der Waals surface area contributed by atoms with Gasteiger partial charge in [0, 0.05) is 37.2 Å². The van der Waals surface area contributed by atoms with Crippen LogP contribution in [0.3, 0.4) is 0 Å². The fraction of sp³-hybridized carbons (Fsp3) is 0.583. The predicted molar refractivity (Wildman–Crippen MR) is 125 cm³/mol. The Kier molecular flexibility index (Phi) is 8.04. The van der Waals surface area contributed by atoms with Crippen LogP contribution in [0.4, 0.5) is 24.9 Å². The highest BCUT2D eigenvalue weighted by Crippen LogP contribution is 2.29. The molecule has 8 nitrogen and oxygen atoms in total. The van der Waals surface area contributed by atoms with E-state index in [-0.39, 0.29) is 5.95 Å². The molecule has 2 aliphatic rings. The average Bonchev–Trinajstić information content (AvgIpc) is 3.67. The number of halogens is 3. The lowest BCUT2D eigenvalue weighted by atomic mass is 10.1. The van der Waals surface area contributed by atoms with E-state index in [0.29, 0.717) is 31.4 Å². The minimum absolute atomic E-state index is 0.129. The van der Waals surface area contributed by atoms with Gasteiger partial charge in [-0.2, -0.15) is 13.2 Å². The number of aryl methyl sites for hydroxylation is 2. The van der Waals surface area contributed by atoms with Crippen molar-refractivity contribution in [1.29, 1.82) is 0 Å². The van der Waals surface area contributed by atoms with Gasteiger partial charge in [0.15, 0.2) is 0 Å². The van der Waals surface area contributed by atoms with Gasteiger partial charge >= 0.3 is 12.1 Å². The molecule has 1 aliphatic carbocycles. The number of aliphatic carboxylic acids is 1. The summed E-state index contributed by atoms with van der Waals surface area (Å²) in [6, 6.07) is 3.76. The van der Waals surface area contributed by atoms with Gasteiger partial charge in [0.2, 0.25) is 5.95 Å². The molecule has 0 spiro atoms. The molecule has 0 bridgehead atoms. The average molecular weight is 493 g/mol. The Bertz CT molecular complexity index is 998. The third-order valence-electron chi connectivity index (χ3n) is 6.43. The van der Waals surface area contributed by atoms with Crippen molar-refractivity contribution in [3.8, 4) is 0 Å². The summed E-state index contributed by atoms with van der Waals surface area (Å²) < 4.78 is 38.1. The normalized spacial score (nSPS) is 16.5. The van der Waals surface area contributed by atoms with E-state index in [1.165, 1.54) is 5.56 Å². The van der Waals surface area contributed by atoms with Crippen LogP contribution in [0, 0.1) is 0 Å². The predicted octanol–water partition coefficient (Wildman–Crippen LogP) is 3.99. The lowest BCUT2D eigenvalue weighted by molar-refractivity contribution is -0.139. The number of rotatable bonds is 12. The molecule has 3 heterocycles. The number of anilines is 2. The summed E-state index contributed by atoms with van der Waals surface area (Å²) in [4.78, 5) is 26.0. The first kappa shape index (κ1) is 25.2. The van der Waals surface area contributed by atoms with Gasteiger partial charge in [0.25, 0.3) is 0 Å². The number of nitrogens with one attached hydrogen (secondary N) is 2. The number of nitrogens with zero attached hydrogens (tertiary/aromatic N) is 4. The number of hydrogen-bond acceptors (Lipinski definition) is 7. The highest BCUT2D eigenvalue weighted by atomic mass is 19.4. The van der Waals surface area contributed by atoms with Crippen molar-refractivity contribution in [3.63, 3.8) is 0 Å². The zero-order valence-corrected chi connectivity index (χ0v) is 19.5. The maximum atomic E-state index is 12.7. The molecular weight excluding hydrogens is 461 g/mol. The third kappa shape index (κ3) is 7.27. The van der Waals surface area contributed by atoms with Gasteiger partial charge in [0.1, 0.15) is 11.9 Å². The standard InChI is InChI=1S/C24H31F3N6O2/c25-24(26,27)17-14-29-23(30-15-17)32-20(22(34)35)10-13-33(19-8-9-19)12-2-1-5-18-7-6-16-4-3-11-28-21(16)31-18/h6-7,14-15,19-20H,1-5,8-13H2,(H,28,31)(H,34,35)(H,29,30,32). The number of unbranched alkanes of at least 4 members (excludes halogenated alkanes) is 1. The second-order valence-corrected chi connectivity index (χ2v) is 9.18. The Morgan fingerprint density at radius 2 is 1.97 bits per heavy atom. The van der Waals surface area contributed by atoms with Crippen molar-refractivity contribution in [2.75, 3.05) is 30.3 Å². The molecular formula is C24H31F3N6O2. The number of fused-ring (bicyclic) bond motifs is 1. The topological polar surface area (TPSA) is 103 Å². The molecule has 11 heteroatoms. The van der Waals surface area contributed by atoms with E-state index < -0.39 is 23.8 Å². The number of carbonyl (C=O) groups is 1. The van der Waals surface area contributed by atoms with E-state index in [4.69, 9.17) is 4.98 Å². The number of pyridine rings is 1. The Balaban J connectivity index is 1.24. The summed E-state index contributed by atoms with van der Waals surface area (Å²) in [5.41, 5.74) is 1.39. The maximum Gasteiger partial charge on any atom is 0.419 e. The Labute approximate surface area is 202 Å². The molecule has 0 aromatic carbocycles. The molecule has 3 N–H and O–H groups in total. The van der Waals surface area contributed by atoms with Gasteiger partial charge in [0.05, 0.1) is 5.56 Å². The van der Waals surface area contributed by atoms with Crippen LogP contribution in [0.2, 0.25) is 0 Å². The monoisotopic (exact) mass is 492 g/mol. The van der Waals surface area contributed by atoms with Crippen LogP contribution >= 0.6 is 0 Å². The fourth-order valence-corrected chi connectivity index (χ4v) is 4.30. The number of carboxylic acid groups (broad SMARTS) is 1. The van der Waals surface area contributed by atoms with E-state index >= 15 is 0 Å². The zero-order valence-electron chi connectivity index (χ0n) is 19.5. The lowest BCUT2D eigenvalue weighted by Gasteiger charge is -2.24. The minimum atomic E-state index is -4.54. The van der Waals surface area contributed by atoms with Crippen LogP contribution in [0.5, 0.6) is 0 Å². The molecule has 4 rings (SSSR count). The minimum Gasteiger partial charge on any atom is -0.480 e. The summed E-state index contributed by atoms with van der Waals surface area (Å²) in [6.45, 7) is 2.42. The Hall–Kier alpha value is -2.95. The molecule has 35 heavy (non-hydrogen) atoms. The molecule has 1 fully saturated rings. The van der Waals surface area contributed by atoms with Crippen molar-refractivity contribution in [1.82, 2.24) is 19.9 Å². The maximum absolute atomic E-state index is 12.7. The molecule has 2 aromatic heterocycles. The molecule has 1 atom stereocenters. The first-order valence-corrected chi connectivity index (χ1v) is 12.1. The van der Waals surface area contributed by atoms with Crippen molar-refractivity contribution in [2.24, 2.45) is 0 Å². The quantitative estimate of drug-likeness (QED) is 0.382. The molecule has 0 amide bonds. The van der Waals surface area contributed by atoms with Crippen LogP contribution < -0.4 is 10.6 Å². The fourth-order valence-electron chi connectivity index (χ4n) is 4.30. The Morgan fingerprint density at radius 1 is 1.20 bits per heavy atom. The molecule has 1 saturated carbocycles. The second-order valence-electron chi connectivity index (χ2n) is 9.18. The van der Waals surface area contributed by atoms with Crippen LogP contribution in [-0.2, 0) is 23.8 Å². The van der Waals surface area contributed by atoms with E-state index in [1.54, 1.807) is 0 Å². The van der Waals surface area contributed by atoms with E-state index in [9.17, 15) is 23.1 Å². The van der Waals surface area contributed by atoms with Crippen molar-refractivity contribution < 1.29 is 23.1 Å². The lowest BCUT2D eigenvalue weighted by Crippen LogP contribution is -2.36. The van der Waals surface area contributed by atoms with Gasteiger partial charge in [-0.1, -0.05) is 6.07 Å². The van der Waals surface area contributed by atoms with Gasteiger partial charge in [-0.05, 0) is 69.5 Å². The second kappa shape index (κ2) is 11.2. The van der Waals surface area contributed by atoms with Crippen LogP contribution in [0.25, 0.3) is 0 Å². The molecule has 190 valence electrons. The largest absolute Gasteiger partial charge is 0.480 e. The molecule has 0 radical (unpaired) electrons. The summed E-state index contributed by atoms with van der Waals surface area (Å²) in [5, 5.41) is 15.6. The SMILES string of the molecule is O=C(O)C(CCN(CCCCc1ccc2c(n1)NCCC2)C1CC1)Nc1ncc(C(F)(F)F)cn1. The van der Waals surface area contributed by atoms with E-state index in [1.807, 2.05) is 0 Å². The zero-order chi connectivity index (χ0) is 24.8. The van der Waals surface area contributed by atoms with Crippen LogP contribution in [0.15, 0.2) is 24.5 Å². The van der Waals surface area contributed by atoms with Crippen LogP contribution in [-0.4, -0.2) is 62.6 Å². The van der Waals surface area contributed by atoms with Crippen molar-refractivity contribution in [2.45, 2.75) is 69.6 Å². The molecule has 0 saturated heterocycles. The van der Waals surface area contributed by atoms with Gasteiger partial charge < -0.3 is 20.6 Å². The first-order valence-electron chi connectivity index (χ1n) is 12.1. The van der Waals surface area contributed by atoms with Crippen LogP contribution in [0.1, 0.15) is 55.3 Å². The summed E-state index contributed by atoms with van der Waals surface area (Å²) >= 11 is 0. The molecule has 1 aliphatic heterocycles. The van der Waals surface area contributed by atoms with E-state index in [0.717, 1.165) is 69.5 Å². The number of hydrogen-bond donors (Lipinski definition) is 3. The van der Waals surface area contributed by atoms with E-state index in [2.05, 4.69) is 37.6 Å². The highest BCUT2D eigenvalue weighted by Gasteiger charge is 2.32. The number of aromatic nitrogens is 3. The summed E-state index contributed by atoms with van der Waals surface area (Å²) in [5.74, 6) is -0.204. The Morgan fingerprint density at radius 3 is 2.66 bits per heavy atom. The molecule has 2 aromatic rings. The first-order chi connectivity index (χ1) is 16.8. The number of carboxylic acids is 1. The third-order valence-corrected chi connectivity index (χ3v) is 6.43. The molecule has 1 unspecified atom stereocenters. The van der Waals surface area contributed by atoms with Gasteiger partial charge in [-0.25, -0.2) is 19.7 Å². The van der Waals surface area contributed by atoms with Gasteiger partial charge in [-0.15, -0.1) is 0 Å².